The van der Waals surface area contributed by atoms with Gasteiger partial charge in [0, 0.05) is 37.3 Å². The highest BCUT2D eigenvalue weighted by Gasteiger charge is 2.34. The first-order chi connectivity index (χ1) is 17.4. The number of fused-ring (bicyclic) bond motifs is 1. The van der Waals surface area contributed by atoms with Gasteiger partial charge in [-0.2, -0.15) is 0 Å². The Kier molecular flexibility index (Phi) is 7.14. The molecule has 2 fully saturated rings. The normalized spacial score (nSPS) is 20.5. The largest absolute Gasteiger partial charge is 0.339 e. The number of nitrogens with zero attached hydrogens (tertiary/aromatic N) is 2. The number of carbonyl (C=O) groups is 4. The van der Waals surface area contributed by atoms with E-state index >= 15 is 0 Å². The summed E-state index contributed by atoms with van der Waals surface area (Å²) in [4.78, 5) is 53.2. The molecule has 2 aromatic rings. The Morgan fingerprint density at radius 1 is 1.03 bits per heavy atom. The molecule has 4 amide bonds. The number of rotatable bonds is 6. The number of aryl methyl sites for hydroxylation is 1. The van der Waals surface area contributed by atoms with Crippen LogP contribution in [-0.2, 0) is 22.4 Å². The minimum absolute atomic E-state index is 0.0944. The molecule has 1 N–H and O–H groups in total. The Labute approximate surface area is 215 Å². The summed E-state index contributed by atoms with van der Waals surface area (Å²) in [5.74, 6) is 0.461. The topological polar surface area (TPSA) is 86.8 Å². The second-order valence-electron chi connectivity index (χ2n) is 9.94. The van der Waals surface area contributed by atoms with E-state index in [0.717, 1.165) is 72.1 Å². The molecule has 0 bridgehead atoms. The molecular weight excluding hydrogens is 474 g/mol. The van der Waals surface area contributed by atoms with Crippen LogP contribution >= 0.6 is 11.8 Å². The molecule has 0 aliphatic carbocycles. The van der Waals surface area contributed by atoms with E-state index in [4.69, 9.17) is 0 Å². The fourth-order valence-electron chi connectivity index (χ4n) is 5.44. The van der Waals surface area contributed by atoms with Gasteiger partial charge in [0.25, 0.3) is 11.1 Å². The maximum Gasteiger partial charge on any atom is 0.286 e. The third kappa shape index (κ3) is 5.19. The predicted molar refractivity (Wildman–Crippen MR) is 140 cm³/mol. The Morgan fingerprint density at radius 3 is 2.47 bits per heavy atom. The van der Waals surface area contributed by atoms with E-state index in [9.17, 15) is 19.2 Å². The number of thioether (sulfide) groups is 1. The first-order valence-corrected chi connectivity index (χ1v) is 13.6. The molecule has 1 unspecified atom stereocenters. The second kappa shape index (κ2) is 10.5. The summed E-state index contributed by atoms with van der Waals surface area (Å²) in [5, 5.41) is 1.65. The number of nitrogens with one attached hydrogen (secondary N) is 1. The van der Waals surface area contributed by atoms with Gasteiger partial charge in [-0.05, 0) is 74.3 Å². The first-order valence-electron chi connectivity index (χ1n) is 12.7. The number of imide groups is 1. The van der Waals surface area contributed by atoms with Gasteiger partial charge in [0.15, 0.2) is 0 Å². The molecule has 0 saturated carbocycles. The van der Waals surface area contributed by atoms with Gasteiger partial charge in [-0.15, -0.1) is 0 Å². The monoisotopic (exact) mass is 505 g/mol. The predicted octanol–water partition coefficient (Wildman–Crippen LogP) is 4.11. The van der Waals surface area contributed by atoms with Crippen LogP contribution in [-0.4, -0.2) is 52.7 Å². The van der Waals surface area contributed by atoms with Gasteiger partial charge in [0.1, 0.15) is 0 Å². The third-order valence-electron chi connectivity index (χ3n) is 7.56. The lowest BCUT2D eigenvalue weighted by Crippen LogP contribution is -2.40. The maximum atomic E-state index is 12.9. The molecule has 5 rings (SSSR count). The maximum absolute atomic E-state index is 12.9. The molecule has 2 saturated heterocycles. The summed E-state index contributed by atoms with van der Waals surface area (Å²) in [7, 11) is 0. The van der Waals surface area contributed by atoms with Crippen LogP contribution in [0.4, 0.5) is 10.5 Å². The van der Waals surface area contributed by atoms with Crippen LogP contribution in [0.1, 0.15) is 52.7 Å². The van der Waals surface area contributed by atoms with E-state index in [-0.39, 0.29) is 23.0 Å². The number of anilines is 1. The molecule has 3 heterocycles. The SMILES string of the molecule is Cc1ccc(C(=O)N2CCC(CCN3C(=O)CCc4c(CC5SC(=O)NC5=O)cccc43)CC2)cc1. The van der Waals surface area contributed by atoms with Gasteiger partial charge in [0.2, 0.25) is 11.8 Å². The summed E-state index contributed by atoms with van der Waals surface area (Å²) in [6, 6.07) is 13.7. The molecule has 0 spiro atoms. The van der Waals surface area contributed by atoms with Crippen molar-refractivity contribution in [1.82, 2.24) is 10.2 Å². The highest BCUT2D eigenvalue weighted by atomic mass is 32.2. The minimum Gasteiger partial charge on any atom is -0.339 e. The Bertz CT molecular complexity index is 1190. The van der Waals surface area contributed by atoms with Gasteiger partial charge in [-0.1, -0.05) is 41.6 Å². The molecule has 7 nitrogen and oxygen atoms in total. The number of amides is 4. The number of hydrogen-bond donors (Lipinski definition) is 1. The fraction of sp³-hybridized carbons (Fsp3) is 0.429. The van der Waals surface area contributed by atoms with Gasteiger partial charge in [-0.25, -0.2) is 0 Å². The van der Waals surface area contributed by atoms with Crippen LogP contribution < -0.4 is 10.2 Å². The van der Waals surface area contributed by atoms with Crippen molar-refractivity contribution in [2.45, 2.75) is 50.7 Å². The Morgan fingerprint density at radius 2 is 1.78 bits per heavy atom. The number of piperidine rings is 1. The van der Waals surface area contributed by atoms with Crippen LogP contribution in [0.5, 0.6) is 0 Å². The molecule has 8 heteroatoms. The summed E-state index contributed by atoms with van der Waals surface area (Å²) in [6.45, 7) is 4.15. The van der Waals surface area contributed by atoms with Crippen molar-refractivity contribution in [3.8, 4) is 0 Å². The van der Waals surface area contributed by atoms with Gasteiger partial charge in [-0.3, -0.25) is 24.5 Å². The zero-order valence-electron chi connectivity index (χ0n) is 20.5. The summed E-state index contributed by atoms with van der Waals surface area (Å²) >= 11 is 1.04. The molecule has 3 aliphatic rings. The fourth-order valence-corrected chi connectivity index (χ4v) is 6.29. The number of likely N-dealkylation sites (tertiary alicyclic amines) is 1. The summed E-state index contributed by atoms with van der Waals surface area (Å²) in [6.07, 6.45) is 4.38. The van der Waals surface area contributed by atoms with Gasteiger partial charge >= 0.3 is 0 Å². The lowest BCUT2D eigenvalue weighted by atomic mass is 9.90. The van der Waals surface area contributed by atoms with E-state index in [1.54, 1.807) is 0 Å². The number of benzene rings is 2. The summed E-state index contributed by atoms with van der Waals surface area (Å²) < 4.78 is 0. The van der Waals surface area contributed by atoms with Crippen molar-refractivity contribution >= 4 is 40.4 Å². The summed E-state index contributed by atoms with van der Waals surface area (Å²) in [5.41, 5.74) is 4.97. The van der Waals surface area contributed by atoms with E-state index in [2.05, 4.69) is 5.32 Å². The van der Waals surface area contributed by atoms with Crippen molar-refractivity contribution in [3.63, 3.8) is 0 Å². The average Bonchev–Trinajstić information content (AvgIpc) is 3.20. The van der Waals surface area contributed by atoms with E-state index in [1.807, 2.05) is 59.2 Å². The van der Waals surface area contributed by atoms with Crippen molar-refractivity contribution in [2.75, 3.05) is 24.5 Å². The zero-order chi connectivity index (χ0) is 25.2. The molecule has 0 aromatic heterocycles. The van der Waals surface area contributed by atoms with E-state index in [0.29, 0.717) is 31.7 Å². The second-order valence-corrected chi connectivity index (χ2v) is 11.1. The third-order valence-corrected chi connectivity index (χ3v) is 8.54. The highest BCUT2D eigenvalue weighted by molar-refractivity contribution is 8.15. The molecule has 188 valence electrons. The van der Waals surface area contributed by atoms with Gasteiger partial charge in [0.05, 0.1) is 5.25 Å². The molecular formula is C28H31N3O4S. The van der Waals surface area contributed by atoms with Gasteiger partial charge < -0.3 is 9.80 Å². The van der Waals surface area contributed by atoms with Crippen LogP contribution in [0.15, 0.2) is 42.5 Å². The lowest BCUT2D eigenvalue weighted by molar-refractivity contribution is -0.119. The van der Waals surface area contributed by atoms with Crippen LogP contribution in [0.3, 0.4) is 0 Å². The number of hydrogen-bond acceptors (Lipinski definition) is 5. The van der Waals surface area contributed by atoms with Crippen LogP contribution in [0.25, 0.3) is 0 Å². The standard InChI is InChI=1S/C28H31N3O4S/c1-18-5-7-20(8-6-18)27(34)30-14-11-19(12-15-30)13-16-31-23-4-2-3-21(22(23)9-10-25(31)32)17-24-26(33)29-28(35)36-24/h2-8,19,24H,9-17H2,1H3,(H,29,33,35). The minimum atomic E-state index is -0.414. The smallest absolute Gasteiger partial charge is 0.286 e. The number of carbonyl (C=O) groups excluding carboxylic acids is 4. The van der Waals surface area contributed by atoms with Crippen LogP contribution in [0.2, 0.25) is 0 Å². The zero-order valence-corrected chi connectivity index (χ0v) is 21.3. The molecule has 2 aromatic carbocycles. The van der Waals surface area contributed by atoms with Crippen molar-refractivity contribution in [2.24, 2.45) is 5.92 Å². The quantitative estimate of drug-likeness (QED) is 0.639. The molecule has 1 atom stereocenters. The highest BCUT2D eigenvalue weighted by Crippen LogP contribution is 2.34. The molecule has 3 aliphatic heterocycles. The van der Waals surface area contributed by atoms with Crippen molar-refractivity contribution < 1.29 is 19.2 Å². The van der Waals surface area contributed by atoms with E-state index < -0.39 is 5.25 Å². The van der Waals surface area contributed by atoms with E-state index in [1.165, 1.54) is 0 Å². The Hall–Kier alpha value is -3.13. The van der Waals surface area contributed by atoms with Crippen LogP contribution in [0, 0.1) is 12.8 Å². The molecule has 0 radical (unpaired) electrons. The lowest BCUT2D eigenvalue weighted by Gasteiger charge is -2.35. The van der Waals surface area contributed by atoms with Crippen molar-refractivity contribution in [1.29, 1.82) is 0 Å². The Balaban J connectivity index is 1.19. The average molecular weight is 506 g/mol. The first kappa shape index (κ1) is 24.6. The van der Waals surface area contributed by atoms with Crippen molar-refractivity contribution in [3.05, 3.63) is 64.7 Å². The molecule has 36 heavy (non-hydrogen) atoms.